The Kier molecular flexibility index (Phi) is 3.71. The molecule has 1 aliphatic rings. The second-order valence-electron chi connectivity index (χ2n) is 4.33. The van der Waals surface area contributed by atoms with Crippen LogP contribution >= 0.6 is 15.9 Å². The third-order valence-electron chi connectivity index (χ3n) is 3.08. The first-order chi connectivity index (χ1) is 7.66. The van der Waals surface area contributed by atoms with Crippen LogP contribution in [0.15, 0.2) is 22.7 Å². The van der Waals surface area contributed by atoms with Gasteiger partial charge >= 0.3 is 0 Å². The molecule has 4 heteroatoms. The Morgan fingerprint density at radius 2 is 2.06 bits per heavy atom. The Morgan fingerprint density at radius 3 is 2.75 bits per heavy atom. The van der Waals surface area contributed by atoms with E-state index < -0.39 is 0 Å². The van der Waals surface area contributed by atoms with Crippen LogP contribution in [0.3, 0.4) is 0 Å². The van der Waals surface area contributed by atoms with E-state index in [0.29, 0.717) is 5.69 Å². The first kappa shape index (κ1) is 11.7. The molecule has 0 saturated heterocycles. The summed E-state index contributed by atoms with van der Waals surface area (Å²) in [7, 11) is 0. The average molecular weight is 285 g/mol. The maximum atomic E-state index is 9.86. The lowest BCUT2D eigenvalue weighted by molar-refractivity contribution is 0.116. The standard InChI is InChI=1S/C12H17BrN2O/c13-8-5-6-10(9(14)7-8)15-11-3-1-2-4-12(11)16/h5-7,11-12,15-16H,1-4,14H2. The number of hydrogen-bond acceptors (Lipinski definition) is 3. The second kappa shape index (κ2) is 5.06. The van der Waals surface area contributed by atoms with E-state index in [9.17, 15) is 5.11 Å². The summed E-state index contributed by atoms with van der Waals surface area (Å²) in [6.07, 6.45) is 3.93. The molecule has 2 unspecified atom stereocenters. The maximum Gasteiger partial charge on any atom is 0.0741 e. The van der Waals surface area contributed by atoms with Crippen molar-refractivity contribution in [3.63, 3.8) is 0 Å². The van der Waals surface area contributed by atoms with Gasteiger partial charge in [0.1, 0.15) is 0 Å². The lowest BCUT2D eigenvalue weighted by Gasteiger charge is -2.29. The van der Waals surface area contributed by atoms with E-state index in [2.05, 4.69) is 21.2 Å². The number of nitrogens with two attached hydrogens (primary N) is 1. The van der Waals surface area contributed by atoms with Crippen LogP contribution in [-0.4, -0.2) is 17.3 Å². The summed E-state index contributed by atoms with van der Waals surface area (Å²) in [5, 5.41) is 13.2. The third kappa shape index (κ3) is 2.68. The number of rotatable bonds is 2. The number of benzene rings is 1. The van der Waals surface area contributed by atoms with Crippen LogP contribution in [-0.2, 0) is 0 Å². The molecule has 1 saturated carbocycles. The molecule has 1 aliphatic carbocycles. The number of nitrogen functional groups attached to an aromatic ring is 1. The molecule has 2 atom stereocenters. The molecule has 0 radical (unpaired) electrons. The molecule has 88 valence electrons. The van der Waals surface area contributed by atoms with Crippen molar-refractivity contribution in [3.05, 3.63) is 22.7 Å². The summed E-state index contributed by atoms with van der Waals surface area (Å²) < 4.78 is 0.972. The highest BCUT2D eigenvalue weighted by molar-refractivity contribution is 9.10. The van der Waals surface area contributed by atoms with Crippen molar-refractivity contribution in [2.75, 3.05) is 11.1 Å². The maximum absolute atomic E-state index is 9.86. The van der Waals surface area contributed by atoms with Gasteiger partial charge in [-0.2, -0.15) is 0 Å². The zero-order valence-corrected chi connectivity index (χ0v) is 10.7. The summed E-state index contributed by atoms with van der Waals surface area (Å²) in [6.45, 7) is 0. The van der Waals surface area contributed by atoms with Crippen molar-refractivity contribution in [2.24, 2.45) is 0 Å². The number of aliphatic hydroxyl groups is 1. The van der Waals surface area contributed by atoms with E-state index in [0.717, 1.165) is 29.4 Å². The molecular formula is C12H17BrN2O. The van der Waals surface area contributed by atoms with E-state index >= 15 is 0 Å². The minimum absolute atomic E-state index is 0.136. The second-order valence-corrected chi connectivity index (χ2v) is 5.25. The van der Waals surface area contributed by atoms with E-state index in [1.165, 1.54) is 6.42 Å². The van der Waals surface area contributed by atoms with Crippen molar-refractivity contribution in [1.82, 2.24) is 0 Å². The quantitative estimate of drug-likeness (QED) is 0.732. The largest absolute Gasteiger partial charge is 0.397 e. The highest BCUT2D eigenvalue weighted by Crippen LogP contribution is 2.27. The SMILES string of the molecule is Nc1cc(Br)ccc1NC1CCCCC1O. The predicted octanol–water partition coefficient (Wildman–Crippen LogP) is 2.75. The zero-order valence-electron chi connectivity index (χ0n) is 9.12. The number of halogens is 1. The molecule has 1 aromatic carbocycles. The molecular weight excluding hydrogens is 268 g/mol. The van der Waals surface area contributed by atoms with Crippen LogP contribution in [0.1, 0.15) is 25.7 Å². The summed E-state index contributed by atoms with van der Waals surface area (Å²) in [4.78, 5) is 0. The van der Waals surface area contributed by atoms with E-state index in [1.807, 2.05) is 18.2 Å². The minimum atomic E-state index is -0.253. The molecule has 0 amide bonds. The molecule has 0 bridgehead atoms. The average Bonchev–Trinajstić information content (AvgIpc) is 2.25. The first-order valence-electron chi connectivity index (χ1n) is 5.66. The van der Waals surface area contributed by atoms with Crippen LogP contribution < -0.4 is 11.1 Å². The summed E-state index contributed by atoms with van der Waals surface area (Å²) in [6, 6.07) is 5.91. The molecule has 0 aliphatic heterocycles. The fraction of sp³-hybridized carbons (Fsp3) is 0.500. The van der Waals surface area contributed by atoms with Crippen LogP contribution in [0, 0.1) is 0 Å². The Bertz CT molecular complexity index is 370. The minimum Gasteiger partial charge on any atom is -0.397 e. The van der Waals surface area contributed by atoms with Gasteiger partial charge in [-0.05, 0) is 31.0 Å². The predicted molar refractivity (Wildman–Crippen MR) is 70.4 cm³/mol. The van der Waals surface area contributed by atoms with Crippen molar-refractivity contribution in [3.8, 4) is 0 Å². The fourth-order valence-electron chi connectivity index (χ4n) is 2.14. The number of hydrogen-bond donors (Lipinski definition) is 3. The van der Waals surface area contributed by atoms with Crippen molar-refractivity contribution in [2.45, 2.75) is 37.8 Å². The zero-order chi connectivity index (χ0) is 11.5. The van der Waals surface area contributed by atoms with E-state index in [1.54, 1.807) is 0 Å². The molecule has 0 aromatic heterocycles. The topological polar surface area (TPSA) is 58.3 Å². The van der Waals surface area contributed by atoms with Gasteiger partial charge in [-0.3, -0.25) is 0 Å². The third-order valence-corrected chi connectivity index (χ3v) is 3.58. The molecule has 0 spiro atoms. The number of anilines is 2. The van der Waals surface area contributed by atoms with Gasteiger partial charge in [-0.15, -0.1) is 0 Å². The molecule has 1 fully saturated rings. The van der Waals surface area contributed by atoms with Gasteiger partial charge in [0.2, 0.25) is 0 Å². The molecule has 1 aromatic rings. The van der Waals surface area contributed by atoms with Crippen molar-refractivity contribution >= 4 is 27.3 Å². The Labute approximate surface area is 104 Å². The Morgan fingerprint density at radius 1 is 1.31 bits per heavy atom. The molecule has 0 heterocycles. The highest BCUT2D eigenvalue weighted by atomic mass is 79.9. The lowest BCUT2D eigenvalue weighted by atomic mass is 9.92. The van der Waals surface area contributed by atoms with Crippen molar-refractivity contribution in [1.29, 1.82) is 0 Å². The Hall–Kier alpha value is -0.740. The molecule has 16 heavy (non-hydrogen) atoms. The van der Waals surface area contributed by atoms with Gasteiger partial charge < -0.3 is 16.2 Å². The van der Waals surface area contributed by atoms with Gasteiger partial charge in [-0.25, -0.2) is 0 Å². The number of nitrogens with one attached hydrogen (secondary N) is 1. The normalized spacial score (nSPS) is 25.4. The van der Waals surface area contributed by atoms with Gasteiger partial charge in [0.05, 0.1) is 23.5 Å². The first-order valence-corrected chi connectivity index (χ1v) is 6.46. The van der Waals surface area contributed by atoms with Gasteiger partial charge in [0.15, 0.2) is 0 Å². The molecule has 3 nitrogen and oxygen atoms in total. The summed E-state index contributed by atoms with van der Waals surface area (Å²) in [5.41, 5.74) is 7.54. The van der Waals surface area contributed by atoms with Gasteiger partial charge in [0, 0.05) is 4.47 Å². The summed E-state index contributed by atoms with van der Waals surface area (Å²) in [5.74, 6) is 0. The molecule has 2 rings (SSSR count). The fourth-order valence-corrected chi connectivity index (χ4v) is 2.52. The smallest absolute Gasteiger partial charge is 0.0741 e. The monoisotopic (exact) mass is 284 g/mol. The number of aliphatic hydroxyl groups excluding tert-OH is 1. The van der Waals surface area contributed by atoms with E-state index in [4.69, 9.17) is 5.73 Å². The Balaban J connectivity index is 2.07. The summed E-state index contributed by atoms with van der Waals surface area (Å²) >= 11 is 3.38. The van der Waals surface area contributed by atoms with Crippen molar-refractivity contribution < 1.29 is 5.11 Å². The van der Waals surface area contributed by atoms with Gasteiger partial charge in [-0.1, -0.05) is 28.8 Å². The van der Waals surface area contributed by atoms with E-state index in [-0.39, 0.29) is 12.1 Å². The van der Waals surface area contributed by atoms with Crippen LogP contribution in [0.2, 0.25) is 0 Å². The van der Waals surface area contributed by atoms with Crippen LogP contribution in [0.25, 0.3) is 0 Å². The highest BCUT2D eigenvalue weighted by Gasteiger charge is 2.23. The van der Waals surface area contributed by atoms with Crippen LogP contribution in [0.4, 0.5) is 11.4 Å². The lowest BCUT2D eigenvalue weighted by Crippen LogP contribution is -2.36. The van der Waals surface area contributed by atoms with Crippen LogP contribution in [0.5, 0.6) is 0 Å². The molecule has 4 N–H and O–H groups in total. The van der Waals surface area contributed by atoms with Gasteiger partial charge in [0.25, 0.3) is 0 Å².